The van der Waals surface area contributed by atoms with Crippen molar-refractivity contribution < 1.29 is 23.9 Å². The number of hydrogen-bond donors (Lipinski definition) is 1. The van der Waals surface area contributed by atoms with E-state index >= 15 is 0 Å². The molecule has 0 rings (SSSR count). The topological polar surface area (TPSA) is 81.7 Å². The highest BCUT2D eigenvalue weighted by molar-refractivity contribution is 5.85. The number of unbranched alkanes of at least 4 members (excludes halogenated alkanes) is 18. The summed E-state index contributed by atoms with van der Waals surface area (Å²) in [7, 11) is 0. The van der Waals surface area contributed by atoms with Crippen LogP contribution in [0, 0.1) is 0 Å². The molecule has 1 amide bonds. The smallest absolute Gasteiger partial charge is 0.328 e. The van der Waals surface area contributed by atoms with E-state index in [0.717, 1.165) is 51.4 Å². The molecule has 1 atom stereocenters. The van der Waals surface area contributed by atoms with Crippen molar-refractivity contribution in [2.24, 2.45) is 0 Å². The van der Waals surface area contributed by atoms with Gasteiger partial charge in [-0.2, -0.15) is 0 Å². The van der Waals surface area contributed by atoms with Crippen LogP contribution in [0.3, 0.4) is 0 Å². The van der Waals surface area contributed by atoms with Crippen LogP contribution in [-0.2, 0) is 23.9 Å². The molecule has 0 aliphatic heterocycles. The summed E-state index contributed by atoms with van der Waals surface area (Å²) in [5.74, 6) is -0.891. The fourth-order valence-corrected chi connectivity index (χ4v) is 4.67. The lowest BCUT2D eigenvalue weighted by molar-refractivity contribution is -0.149. The summed E-state index contributed by atoms with van der Waals surface area (Å²) >= 11 is 0. The summed E-state index contributed by atoms with van der Waals surface area (Å²) in [5.41, 5.74) is 0. The molecule has 0 spiro atoms. The predicted molar refractivity (Wildman–Crippen MR) is 162 cm³/mol. The molecule has 0 aliphatic carbocycles. The molecule has 0 aliphatic rings. The molecule has 1 N–H and O–H groups in total. The van der Waals surface area contributed by atoms with Crippen molar-refractivity contribution in [3.63, 3.8) is 0 Å². The van der Waals surface area contributed by atoms with E-state index in [-0.39, 0.29) is 24.7 Å². The minimum atomic E-state index is -0.794. The Kier molecular flexibility index (Phi) is 28.2. The van der Waals surface area contributed by atoms with E-state index in [4.69, 9.17) is 9.47 Å². The molecule has 39 heavy (non-hydrogen) atoms. The SMILES string of the molecule is CCCCCCCCCCCC(=O)NC(CCC(=O)OCCCCCCCC)C(=O)OCCCCCCCC. The van der Waals surface area contributed by atoms with E-state index < -0.39 is 12.0 Å². The lowest BCUT2D eigenvalue weighted by Crippen LogP contribution is -2.42. The van der Waals surface area contributed by atoms with Gasteiger partial charge in [0.15, 0.2) is 0 Å². The van der Waals surface area contributed by atoms with Crippen molar-refractivity contribution in [2.75, 3.05) is 13.2 Å². The largest absolute Gasteiger partial charge is 0.466 e. The van der Waals surface area contributed by atoms with E-state index in [1.807, 2.05) is 0 Å². The van der Waals surface area contributed by atoms with Crippen LogP contribution in [0.4, 0.5) is 0 Å². The summed E-state index contributed by atoms with van der Waals surface area (Å²) in [4.78, 5) is 37.6. The first-order chi connectivity index (χ1) is 19.0. The van der Waals surface area contributed by atoms with Gasteiger partial charge in [-0.15, -0.1) is 0 Å². The lowest BCUT2D eigenvalue weighted by atomic mass is 10.1. The molecule has 0 fully saturated rings. The molecule has 0 heterocycles. The van der Waals surface area contributed by atoms with Gasteiger partial charge in [0.05, 0.1) is 13.2 Å². The third-order valence-electron chi connectivity index (χ3n) is 7.27. The van der Waals surface area contributed by atoms with Crippen LogP contribution < -0.4 is 5.32 Å². The number of nitrogens with one attached hydrogen (secondary N) is 1. The second-order valence-corrected chi connectivity index (χ2v) is 11.2. The highest BCUT2D eigenvalue weighted by Crippen LogP contribution is 2.12. The Labute approximate surface area is 241 Å². The zero-order valence-corrected chi connectivity index (χ0v) is 26.0. The Balaban J connectivity index is 4.37. The molecule has 0 aromatic carbocycles. The second-order valence-electron chi connectivity index (χ2n) is 11.2. The first kappa shape index (κ1) is 37.4. The van der Waals surface area contributed by atoms with Crippen LogP contribution >= 0.6 is 0 Å². The van der Waals surface area contributed by atoms with Crippen molar-refractivity contribution in [3.05, 3.63) is 0 Å². The van der Waals surface area contributed by atoms with Gasteiger partial charge in [0.25, 0.3) is 0 Å². The average molecular weight is 554 g/mol. The van der Waals surface area contributed by atoms with Gasteiger partial charge in [-0.05, 0) is 25.7 Å². The van der Waals surface area contributed by atoms with Crippen LogP contribution in [0.25, 0.3) is 0 Å². The Morgan fingerprint density at radius 2 is 0.923 bits per heavy atom. The maximum Gasteiger partial charge on any atom is 0.328 e. The molecule has 0 radical (unpaired) electrons. The molecule has 1 unspecified atom stereocenters. The quantitative estimate of drug-likeness (QED) is 0.0738. The Morgan fingerprint density at radius 3 is 1.41 bits per heavy atom. The van der Waals surface area contributed by atoms with E-state index in [0.29, 0.717) is 19.6 Å². The number of rotatable bonds is 29. The van der Waals surface area contributed by atoms with Gasteiger partial charge < -0.3 is 14.8 Å². The molecule has 6 heteroatoms. The third-order valence-corrected chi connectivity index (χ3v) is 7.27. The minimum absolute atomic E-state index is 0.102. The van der Waals surface area contributed by atoms with Gasteiger partial charge in [-0.1, -0.05) is 136 Å². The van der Waals surface area contributed by atoms with Crippen molar-refractivity contribution in [1.82, 2.24) is 5.32 Å². The Hall–Kier alpha value is -1.59. The third kappa shape index (κ3) is 26.4. The molecule has 0 bridgehead atoms. The van der Waals surface area contributed by atoms with Crippen LogP contribution in [-0.4, -0.2) is 37.1 Å². The molecule has 0 saturated heterocycles. The fraction of sp³-hybridized carbons (Fsp3) is 0.909. The average Bonchev–Trinajstić information content (AvgIpc) is 2.93. The van der Waals surface area contributed by atoms with E-state index in [9.17, 15) is 14.4 Å². The van der Waals surface area contributed by atoms with Crippen molar-refractivity contribution in [2.45, 2.75) is 181 Å². The van der Waals surface area contributed by atoms with Crippen LogP contribution in [0.5, 0.6) is 0 Å². The van der Waals surface area contributed by atoms with Crippen LogP contribution in [0.1, 0.15) is 175 Å². The van der Waals surface area contributed by atoms with Gasteiger partial charge in [-0.3, -0.25) is 9.59 Å². The lowest BCUT2D eigenvalue weighted by Gasteiger charge is -2.18. The van der Waals surface area contributed by atoms with Crippen LogP contribution in [0.15, 0.2) is 0 Å². The molecular weight excluding hydrogens is 490 g/mol. The van der Waals surface area contributed by atoms with Gasteiger partial charge in [-0.25, -0.2) is 4.79 Å². The molecule has 0 saturated carbocycles. The normalized spacial score (nSPS) is 11.8. The number of carbonyl (C=O) groups is 3. The number of esters is 2. The van der Waals surface area contributed by atoms with E-state index in [1.165, 1.54) is 83.5 Å². The number of amides is 1. The van der Waals surface area contributed by atoms with Gasteiger partial charge in [0.2, 0.25) is 5.91 Å². The minimum Gasteiger partial charge on any atom is -0.466 e. The molecular formula is C33H63NO5. The summed E-state index contributed by atoms with van der Waals surface area (Å²) in [6.07, 6.45) is 24.9. The van der Waals surface area contributed by atoms with Crippen molar-refractivity contribution in [1.29, 1.82) is 0 Å². The summed E-state index contributed by atoms with van der Waals surface area (Å²) in [5, 5.41) is 2.84. The van der Waals surface area contributed by atoms with Crippen LogP contribution in [0.2, 0.25) is 0 Å². The highest BCUT2D eigenvalue weighted by Gasteiger charge is 2.23. The summed E-state index contributed by atoms with van der Waals surface area (Å²) < 4.78 is 10.8. The summed E-state index contributed by atoms with van der Waals surface area (Å²) in [6, 6.07) is -0.794. The second kappa shape index (κ2) is 29.4. The van der Waals surface area contributed by atoms with Crippen molar-refractivity contribution in [3.8, 4) is 0 Å². The summed E-state index contributed by atoms with van der Waals surface area (Å²) in [6.45, 7) is 7.39. The number of ether oxygens (including phenoxy) is 2. The standard InChI is InChI=1S/C33H63NO5/c1-4-7-10-13-16-17-18-19-22-25-31(35)34-30(33(37)39-29-24-21-15-12-9-6-3)26-27-32(36)38-28-23-20-14-11-8-5-2/h30H,4-29H2,1-3H3,(H,34,35). The van der Waals surface area contributed by atoms with Gasteiger partial charge in [0.1, 0.15) is 6.04 Å². The van der Waals surface area contributed by atoms with E-state index in [2.05, 4.69) is 26.1 Å². The molecule has 6 nitrogen and oxygen atoms in total. The zero-order valence-electron chi connectivity index (χ0n) is 26.0. The molecule has 0 aromatic rings. The molecule has 0 aromatic heterocycles. The fourth-order valence-electron chi connectivity index (χ4n) is 4.67. The molecule has 230 valence electrons. The zero-order chi connectivity index (χ0) is 28.8. The Morgan fingerprint density at radius 1 is 0.513 bits per heavy atom. The van der Waals surface area contributed by atoms with Gasteiger partial charge >= 0.3 is 11.9 Å². The van der Waals surface area contributed by atoms with Gasteiger partial charge in [0, 0.05) is 12.8 Å². The maximum atomic E-state index is 12.7. The van der Waals surface area contributed by atoms with Crippen molar-refractivity contribution >= 4 is 17.8 Å². The first-order valence-corrected chi connectivity index (χ1v) is 16.7. The monoisotopic (exact) mass is 553 g/mol. The predicted octanol–water partition coefficient (Wildman–Crippen LogP) is 8.98. The highest BCUT2D eigenvalue weighted by atomic mass is 16.5. The number of hydrogen-bond acceptors (Lipinski definition) is 5. The first-order valence-electron chi connectivity index (χ1n) is 16.7. The Bertz CT molecular complexity index is 580. The number of carbonyl (C=O) groups excluding carboxylic acids is 3. The maximum absolute atomic E-state index is 12.7. The van der Waals surface area contributed by atoms with E-state index in [1.54, 1.807) is 0 Å².